The molecule has 3 heterocycles. The first-order valence-corrected chi connectivity index (χ1v) is 9.58. The van der Waals surface area contributed by atoms with Crippen molar-refractivity contribution in [1.29, 1.82) is 0 Å². The Morgan fingerprint density at radius 1 is 1.23 bits per heavy atom. The number of pyridine rings is 1. The van der Waals surface area contributed by atoms with Crippen molar-refractivity contribution < 1.29 is 9.32 Å². The molecule has 0 aliphatic rings. The molecule has 0 spiro atoms. The van der Waals surface area contributed by atoms with Gasteiger partial charge in [-0.15, -0.1) is 11.3 Å². The summed E-state index contributed by atoms with van der Waals surface area (Å²) in [6.07, 6.45) is 0. The lowest BCUT2D eigenvalue weighted by atomic mass is 10.1. The average molecular weight is 428 g/mol. The van der Waals surface area contributed by atoms with E-state index in [0.717, 1.165) is 14.9 Å². The summed E-state index contributed by atoms with van der Waals surface area (Å²) in [6, 6.07) is 11.5. The molecule has 0 bridgehead atoms. The highest BCUT2D eigenvalue weighted by Gasteiger charge is 2.20. The Bertz CT molecular complexity index is 1120. The highest BCUT2D eigenvalue weighted by molar-refractivity contribution is 9.10. The van der Waals surface area contributed by atoms with Crippen molar-refractivity contribution in [1.82, 2.24) is 10.1 Å². The number of nitrogens with one attached hydrogen (secondary N) is 1. The SMILES string of the molecule is Cc1ccc(NC(=O)c2cc(-c3cccs3)nc3onc(C)c23)c(Br)c1. The molecular formula is C19H14BrN3O2S. The largest absolute Gasteiger partial charge is 0.335 e. The summed E-state index contributed by atoms with van der Waals surface area (Å²) in [4.78, 5) is 18.5. The third-order valence-corrected chi connectivity index (χ3v) is 5.56. The van der Waals surface area contributed by atoms with Gasteiger partial charge in [0.15, 0.2) is 0 Å². The number of carbonyl (C=O) groups is 1. The normalized spacial score (nSPS) is 11.0. The number of aromatic nitrogens is 2. The van der Waals surface area contributed by atoms with Crippen LogP contribution in [-0.2, 0) is 0 Å². The fourth-order valence-electron chi connectivity index (χ4n) is 2.74. The van der Waals surface area contributed by atoms with Crippen LogP contribution < -0.4 is 5.32 Å². The fourth-order valence-corrected chi connectivity index (χ4v) is 4.01. The number of thiophene rings is 1. The van der Waals surface area contributed by atoms with Crippen molar-refractivity contribution >= 4 is 50.0 Å². The number of hydrogen-bond acceptors (Lipinski definition) is 5. The minimum Gasteiger partial charge on any atom is -0.335 e. The third-order valence-electron chi connectivity index (χ3n) is 4.01. The Labute approximate surface area is 162 Å². The molecule has 0 saturated heterocycles. The van der Waals surface area contributed by atoms with Crippen LogP contribution in [0.2, 0.25) is 0 Å². The standard InChI is InChI=1S/C19H14BrN3O2S/c1-10-5-6-14(13(20)8-10)21-18(24)12-9-15(16-4-3-7-26-16)22-19-17(12)11(2)23-25-19/h3-9H,1-2H3,(H,21,24). The number of hydrogen-bond donors (Lipinski definition) is 1. The van der Waals surface area contributed by atoms with E-state index < -0.39 is 0 Å². The Balaban J connectivity index is 1.81. The predicted molar refractivity (Wildman–Crippen MR) is 107 cm³/mol. The zero-order valence-corrected chi connectivity index (χ0v) is 16.4. The fraction of sp³-hybridized carbons (Fsp3) is 0.105. The molecule has 3 aromatic heterocycles. The van der Waals surface area contributed by atoms with Gasteiger partial charge in [0.05, 0.1) is 32.9 Å². The molecule has 1 amide bonds. The van der Waals surface area contributed by atoms with Gasteiger partial charge < -0.3 is 9.84 Å². The monoisotopic (exact) mass is 427 g/mol. The number of amides is 1. The first-order valence-electron chi connectivity index (χ1n) is 7.91. The van der Waals surface area contributed by atoms with Gasteiger partial charge in [0.1, 0.15) is 0 Å². The van der Waals surface area contributed by atoms with Gasteiger partial charge in [-0.2, -0.15) is 0 Å². The van der Waals surface area contributed by atoms with E-state index in [0.29, 0.717) is 33.7 Å². The van der Waals surface area contributed by atoms with E-state index in [1.165, 1.54) is 0 Å². The summed E-state index contributed by atoms with van der Waals surface area (Å²) in [5, 5.41) is 9.53. The molecule has 130 valence electrons. The number of nitrogens with zero attached hydrogens (tertiary/aromatic N) is 2. The van der Waals surface area contributed by atoms with E-state index in [4.69, 9.17) is 4.52 Å². The van der Waals surface area contributed by atoms with Crippen LogP contribution >= 0.6 is 27.3 Å². The molecule has 0 radical (unpaired) electrons. The molecule has 0 aliphatic carbocycles. The van der Waals surface area contributed by atoms with Gasteiger partial charge in [-0.1, -0.05) is 17.3 Å². The van der Waals surface area contributed by atoms with Crippen molar-refractivity contribution in [2.24, 2.45) is 0 Å². The maximum atomic E-state index is 13.0. The van der Waals surface area contributed by atoms with Gasteiger partial charge in [-0.3, -0.25) is 4.79 Å². The van der Waals surface area contributed by atoms with E-state index in [2.05, 4.69) is 31.4 Å². The highest BCUT2D eigenvalue weighted by atomic mass is 79.9. The molecule has 0 unspecified atom stereocenters. The number of rotatable bonds is 3. The predicted octanol–water partition coefficient (Wildman–Crippen LogP) is 5.58. The number of anilines is 1. The highest BCUT2D eigenvalue weighted by Crippen LogP contribution is 2.30. The summed E-state index contributed by atoms with van der Waals surface area (Å²) in [6.45, 7) is 3.80. The van der Waals surface area contributed by atoms with Gasteiger partial charge >= 0.3 is 0 Å². The summed E-state index contributed by atoms with van der Waals surface area (Å²) in [5.74, 6) is -0.231. The lowest BCUT2D eigenvalue weighted by Gasteiger charge is -2.10. The lowest BCUT2D eigenvalue weighted by molar-refractivity contribution is 0.102. The summed E-state index contributed by atoms with van der Waals surface area (Å²) >= 11 is 5.05. The van der Waals surface area contributed by atoms with Crippen molar-refractivity contribution in [2.45, 2.75) is 13.8 Å². The first kappa shape index (κ1) is 16.9. The zero-order valence-electron chi connectivity index (χ0n) is 14.0. The van der Waals surface area contributed by atoms with Gasteiger partial charge in [-0.25, -0.2) is 4.98 Å². The maximum absolute atomic E-state index is 13.0. The first-order chi connectivity index (χ1) is 12.5. The molecule has 0 fully saturated rings. The van der Waals surface area contributed by atoms with Crippen molar-refractivity contribution in [3.63, 3.8) is 0 Å². The molecule has 4 rings (SSSR count). The van der Waals surface area contributed by atoms with Crippen molar-refractivity contribution in [3.8, 4) is 10.6 Å². The second kappa shape index (κ2) is 6.66. The van der Waals surface area contributed by atoms with E-state index in [9.17, 15) is 4.79 Å². The maximum Gasteiger partial charge on any atom is 0.259 e. The van der Waals surface area contributed by atoms with Gasteiger partial charge in [-0.05, 0) is 65.0 Å². The Morgan fingerprint density at radius 2 is 2.08 bits per heavy atom. The van der Waals surface area contributed by atoms with Crippen LogP contribution in [0.4, 0.5) is 5.69 Å². The van der Waals surface area contributed by atoms with Crippen molar-refractivity contribution in [2.75, 3.05) is 5.32 Å². The van der Waals surface area contributed by atoms with E-state index in [-0.39, 0.29) is 5.91 Å². The zero-order chi connectivity index (χ0) is 18.3. The molecular weight excluding hydrogens is 414 g/mol. The Kier molecular flexibility index (Phi) is 4.34. The van der Waals surface area contributed by atoms with Crippen LogP contribution in [0.5, 0.6) is 0 Å². The van der Waals surface area contributed by atoms with Crippen LogP contribution in [0.25, 0.3) is 21.7 Å². The van der Waals surface area contributed by atoms with E-state index in [1.807, 2.05) is 42.6 Å². The minimum atomic E-state index is -0.231. The second-order valence-corrected chi connectivity index (χ2v) is 7.72. The molecule has 4 aromatic rings. The van der Waals surface area contributed by atoms with Crippen LogP contribution in [0.1, 0.15) is 21.6 Å². The van der Waals surface area contributed by atoms with Gasteiger partial charge in [0, 0.05) is 4.47 Å². The molecule has 7 heteroatoms. The van der Waals surface area contributed by atoms with Crippen LogP contribution in [-0.4, -0.2) is 16.0 Å². The van der Waals surface area contributed by atoms with E-state index in [1.54, 1.807) is 24.3 Å². The second-order valence-electron chi connectivity index (χ2n) is 5.92. The Morgan fingerprint density at radius 3 is 2.81 bits per heavy atom. The summed E-state index contributed by atoms with van der Waals surface area (Å²) in [5.41, 5.74) is 4.00. The number of fused-ring (bicyclic) bond motifs is 1. The lowest BCUT2D eigenvalue weighted by Crippen LogP contribution is -2.13. The van der Waals surface area contributed by atoms with Gasteiger partial charge in [0.25, 0.3) is 11.6 Å². The number of halogens is 1. The Hall–Kier alpha value is -2.51. The average Bonchev–Trinajstić information content (AvgIpc) is 3.27. The smallest absolute Gasteiger partial charge is 0.259 e. The number of carbonyl (C=O) groups excluding carboxylic acids is 1. The molecule has 5 nitrogen and oxygen atoms in total. The topological polar surface area (TPSA) is 68.0 Å². The van der Waals surface area contributed by atoms with Crippen LogP contribution in [0, 0.1) is 13.8 Å². The minimum absolute atomic E-state index is 0.231. The molecule has 0 atom stereocenters. The molecule has 26 heavy (non-hydrogen) atoms. The molecule has 1 aromatic carbocycles. The van der Waals surface area contributed by atoms with Crippen LogP contribution in [0.15, 0.2) is 50.8 Å². The molecule has 0 saturated carbocycles. The van der Waals surface area contributed by atoms with E-state index >= 15 is 0 Å². The van der Waals surface area contributed by atoms with Gasteiger partial charge in [0.2, 0.25) is 0 Å². The third kappa shape index (κ3) is 3.04. The number of aryl methyl sites for hydroxylation is 2. The number of benzene rings is 1. The molecule has 0 aliphatic heterocycles. The summed E-state index contributed by atoms with van der Waals surface area (Å²) in [7, 11) is 0. The molecule has 1 N–H and O–H groups in total. The van der Waals surface area contributed by atoms with Crippen LogP contribution in [0.3, 0.4) is 0 Å². The summed E-state index contributed by atoms with van der Waals surface area (Å²) < 4.78 is 6.15. The van der Waals surface area contributed by atoms with Crippen molar-refractivity contribution in [3.05, 3.63) is 63.1 Å². The quantitative estimate of drug-likeness (QED) is 0.463.